The predicted octanol–water partition coefficient (Wildman–Crippen LogP) is 2.97. The maximum Gasteiger partial charge on any atom is 0.227 e. The van der Waals surface area contributed by atoms with Crippen LogP contribution in [0.15, 0.2) is 28.8 Å². The maximum absolute atomic E-state index is 13.0. The Hall–Kier alpha value is -2.41. The number of amides is 2. The molecule has 7 nitrogen and oxygen atoms in total. The number of rotatable bonds is 4. The van der Waals surface area contributed by atoms with E-state index in [0.717, 1.165) is 25.7 Å². The van der Waals surface area contributed by atoms with E-state index >= 15 is 0 Å². The van der Waals surface area contributed by atoms with Gasteiger partial charge >= 0.3 is 0 Å². The van der Waals surface area contributed by atoms with Crippen LogP contribution in [0.25, 0.3) is 0 Å². The Morgan fingerprint density at radius 3 is 2.81 bits per heavy atom. The largest absolute Gasteiger partial charge is 0.343 e. The molecule has 2 amide bonds. The molecular formula is C19H21ClN4O3. The number of anilines is 1. The van der Waals surface area contributed by atoms with Crippen LogP contribution in [0.5, 0.6) is 0 Å². The van der Waals surface area contributed by atoms with Gasteiger partial charge in [-0.25, -0.2) is 0 Å². The van der Waals surface area contributed by atoms with Crippen molar-refractivity contribution in [3.05, 3.63) is 41.0 Å². The Morgan fingerprint density at radius 2 is 2.15 bits per heavy atom. The van der Waals surface area contributed by atoms with Gasteiger partial charge in [-0.15, -0.1) is 0 Å². The lowest BCUT2D eigenvalue weighted by Crippen LogP contribution is -2.47. The molecule has 1 unspecified atom stereocenters. The van der Waals surface area contributed by atoms with Crippen LogP contribution in [-0.2, 0) is 15.1 Å². The van der Waals surface area contributed by atoms with Gasteiger partial charge in [0.25, 0.3) is 0 Å². The zero-order valence-corrected chi connectivity index (χ0v) is 15.8. The monoisotopic (exact) mass is 388 g/mol. The van der Waals surface area contributed by atoms with E-state index in [1.54, 1.807) is 30.0 Å². The van der Waals surface area contributed by atoms with Gasteiger partial charge in [-0.1, -0.05) is 35.7 Å². The van der Waals surface area contributed by atoms with Crippen LogP contribution in [0.2, 0.25) is 5.02 Å². The summed E-state index contributed by atoms with van der Waals surface area (Å²) < 4.78 is 5.12. The molecule has 1 atom stereocenters. The minimum atomic E-state index is -0.596. The first-order valence-corrected chi connectivity index (χ1v) is 9.53. The van der Waals surface area contributed by atoms with Crippen molar-refractivity contribution in [2.45, 2.75) is 44.6 Å². The molecule has 0 spiro atoms. The van der Waals surface area contributed by atoms with Gasteiger partial charge in [-0.05, 0) is 31.0 Å². The zero-order chi connectivity index (χ0) is 19.0. The molecule has 1 aliphatic carbocycles. The highest BCUT2D eigenvalue weighted by molar-refractivity contribution is 6.31. The maximum atomic E-state index is 13.0. The summed E-state index contributed by atoms with van der Waals surface area (Å²) in [5.74, 6) is 0.378. The molecule has 2 heterocycles. The first-order valence-electron chi connectivity index (χ1n) is 9.16. The summed E-state index contributed by atoms with van der Waals surface area (Å²) in [6.07, 6.45) is 3.71. The molecule has 4 rings (SSSR count). The van der Waals surface area contributed by atoms with Crippen molar-refractivity contribution in [1.82, 2.24) is 15.5 Å². The van der Waals surface area contributed by atoms with Gasteiger partial charge in [-0.2, -0.15) is 4.98 Å². The van der Waals surface area contributed by atoms with Crippen LogP contribution in [-0.4, -0.2) is 28.5 Å². The molecule has 1 aliphatic heterocycles. The molecule has 0 bridgehead atoms. The number of hydrogen-bond donors (Lipinski definition) is 1. The fourth-order valence-corrected chi connectivity index (χ4v) is 4.18. The first kappa shape index (κ1) is 18.0. The van der Waals surface area contributed by atoms with Crippen molar-refractivity contribution in [3.63, 3.8) is 0 Å². The van der Waals surface area contributed by atoms with Crippen molar-refractivity contribution in [3.8, 4) is 0 Å². The second-order valence-corrected chi connectivity index (χ2v) is 7.74. The Balaban J connectivity index is 1.50. The molecule has 0 radical (unpaired) electrons. The van der Waals surface area contributed by atoms with Crippen molar-refractivity contribution >= 4 is 29.1 Å². The third-order valence-corrected chi connectivity index (χ3v) is 5.63. The quantitative estimate of drug-likeness (QED) is 0.869. The van der Waals surface area contributed by atoms with E-state index in [9.17, 15) is 9.59 Å². The number of hydrogen-bond acceptors (Lipinski definition) is 5. The molecule has 1 aromatic heterocycles. The van der Waals surface area contributed by atoms with E-state index in [0.29, 0.717) is 29.0 Å². The van der Waals surface area contributed by atoms with Gasteiger partial charge < -0.3 is 14.7 Å². The second-order valence-electron chi connectivity index (χ2n) is 7.30. The third kappa shape index (κ3) is 3.43. The second kappa shape index (κ2) is 6.96. The standard InChI is InChI=1S/C19H21ClN4O3/c1-12-21-18(23-27-12)19(7-2-3-8-19)22-17(26)13-9-16(25)24(11-13)15-6-4-5-14(20)10-15/h4-6,10,13H,2-3,7-9,11H2,1H3,(H,22,26). The lowest BCUT2D eigenvalue weighted by molar-refractivity contribution is -0.128. The molecule has 2 aromatic rings. The van der Waals surface area contributed by atoms with E-state index in [4.69, 9.17) is 16.1 Å². The normalized spacial score (nSPS) is 21.6. The first-order chi connectivity index (χ1) is 13.0. The van der Waals surface area contributed by atoms with Crippen molar-refractivity contribution in [1.29, 1.82) is 0 Å². The summed E-state index contributed by atoms with van der Waals surface area (Å²) in [6.45, 7) is 2.08. The summed E-state index contributed by atoms with van der Waals surface area (Å²) >= 11 is 6.03. The SMILES string of the molecule is Cc1nc(C2(NC(=O)C3CC(=O)N(c4cccc(Cl)c4)C3)CCCC2)no1. The minimum absolute atomic E-state index is 0.0757. The molecule has 1 N–H and O–H groups in total. The number of nitrogens with zero attached hydrogens (tertiary/aromatic N) is 3. The number of aromatic nitrogens is 2. The van der Waals surface area contributed by atoms with E-state index in [2.05, 4.69) is 15.5 Å². The topological polar surface area (TPSA) is 88.3 Å². The molecule has 1 aromatic carbocycles. The average Bonchev–Trinajstić information content (AvgIpc) is 3.35. The lowest BCUT2D eigenvalue weighted by Gasteiger charge is -2.28. The van der Waals surface area contributed by atoms with Crippen LogP contribution in [0.1, 0.15) is 43.8 Å². The molecule has 142 valence electrons. The van der Waals surface area contributed by atoms with Gasteiger partial charge in [0.1, 0.15) is 5.54 Å². The summed E-state index contributed by atoms with van der Waals surface area (Å²) in [5.41, 5.74) is 0.119. The molecular weight excluding hydrogens is 368 g/mol. The van der Waals surface area contributed by atoms with Crippen molar-refractivity contribution < 1.29 is 14.1 Å². The summed E-state index contributed by atoms with van der Waals surface area (Å²) in [4.78, 5) is 31.4. The van der Waals surface area contributed by atoms with Gasteiger partial charge in [0, 0.05) is 30.6 Å². The van der Waals surface area contributed by atoms with Gasteiger partial charge in [0.2, 0.25) is 17.7 Å². The number of nitrogens with one attached hydrogen (secondary N) is 1. The lowest BCUT2D eigenvalue weighted by atomic mass is 9.94. The van der Waals surface area contributed by atoms with E-state index in [1.807, 2.05) is 6.07 Å². The predicted molar refractivity (Wildman–Crippen MR) is 99.2 cm³/mol. The van der Waals surface area contributed by atoms with Crippen molar-refractivity contribution in [2.24, 2.45) is 5.92 Å². The Labute approximate surface area is 162 Å². The summed E-state index contributed by atoms with van der Waals surface area (Å²) in [7, 11) is 0. The summed E-state index contributed by atoms with van der Waals surface area (Å²) in [5, 5.41) is 7.74. The highest BCUT2D eigenvalue weighted by Gasteiger charge is 2.44. The molecule has 1 saturated carbocycles. The smallest absolute Gasteiger partial charge is 0.227 e. The molecule has 27 heavy (non-hydrogen) atoms. The number of aryl methyl sites for hydroxylation is 1. The van der Waals surface area contributed by atoms with Gasteiger partial charge in [0.05, 0.1) is 5.92 Å². The zero-order valence-electron chi connectivity index (χ0n) is 15.1. The van der Waals surface area contributed by atoms with Crippen LogP contribution in [0, 0.1) is 12.8 Å². The fourth-order valence-electron chi connectivity index (χ4n) is 3.99. The minimum Gasteiger partial charge on any atom is -0.343 e. The van der Waals surface area contributed by atoms with E-state index in [-0.39, 0.29) is 18.2 Å². The third-order valence-electron chi connectivity index (χ3n) is 5.39. The highest BCUT2D eigenvalue weighted by Crippen LogP contribution is 2.38. The number of halogens is 1. The number of carbonyl (C=O) groups is 2. The average molecular weight is 389 g/mol. The fraction of sp³-hybridized carbons (Fsp3) is 0.474. The van der Waals surface area contributed by atoms with Gasteiger partial charge in [0.15, 0.2) is 5.82 Å². The molecule has 1 saturated heterocycles. The number of benzene rings is 1. The number of carbonyl (C=O) groups excluding carboxylic acids is 2. The van der Waals surface area contributed by atoms with E-state index in [1.165, 1.54) is 0 Å². The molecule has 2 aliphatic rings. The van der Waals surface area contributed by atoms with Crippen LogP contribution >= 0.6 is 11.6 Å². The molecule has 2 fully saturated rings. The van der Waals surface area contributed by atoms with Crippen LogP contribution in [0.3, 0.4) is 0 Å². The Kier molecular flexibility index (Phi) is 4.63. The molecule has 8 heteroatoms. The Morgan fingerprint density at radius 1 is 1.37 bits per heavy atom. The summed E-state index contributed by atoms with van der Waals surface area (Å²) in [6, 6.07) is 7.11. The van der Waals surface area contributed by atoms with Crippen LogP contribution < -0.4 is 10.2 Å². The van der Waals surface area contributed by atoms with Gasteiger partial charge in [-0.3, -0.25) is 9.59 Å². The Bertz CT molecular complexity index is 875. The highest BCUT2D eigenvalue weighted by atomic mass is 35.5. The van der Waals surface area contributed by atoms with Crippen LogP contribution in [0.4, 0.5) is 5.69 Å². The van der Waals surface area contributed by atoms with Crippen molar-refractivity contribution in [2.75, 3.05) is 11.4 Å². The van der Waals surface area contributed by atoms with E-state index < -0.39 is 11.5 Å².